The van der Waals surface area contributed by atoms with Crippen LogP contribution in [0.25, 0.3) is 0 Å². The second-order valence-electron chi connectivity index (χ2n) is 11.3. The lowest BCUT2D eigenvalue weighted by atomic mass is 9.88. The Balaban J connectivity index is 1.60. The monoisotopic (exact) mass is 447 g/mol. The average Bonchev–Trinajstić information content (AvgIpc) is 3.49. The molecule has 178 valence electrons. The first kappa shape index (κ1) is 24.5. The molecule has 1 aliphatic carbocycles. The molecule has 0 N–H and O–H groups in total. The van der Waals surface area contributed by atoms with E-state index in [0.717, 1.165) is 49.7 Å². The third-order valence-corrected chi connectivity index (χ3v) is 5.95. The lowest BCUT2D eigenvalue weighted by molar-refractivity contribution is 0.00633. The van der Waals surface area contributed by atoms with Crippen molar-refractivity contribution in [1.82, 2.24) is 4.90 Å². The van der Waals surface area contributed by atoms with Crippen LogP contribution in [0.2, 0.25) is 0 Å². The lowest BCUT2D eigenvalue weighted by Gasteiger charge is -2.33. The highest BCUT2D eigenvalue weighted by atomic mass is 19.1. The fourth-order valence-electron chi connectivity index (χ4n) is 4.20. The molecule has 0 spiro atoms. The number of piperidine rings is 1. The van der Waals surface area contributed by atoms with Crippen LogP contribution in [0.1, 0.15) is 101 Å². The molecule has 1 aliphatic heterocycles. The number of benzene rings is 1. The quantitative estimate of drug-likeness (QED) is 0.502. The number of hydrogen-bond donors (Lipinski definition) is 0. The van der Waals surface area contributed by atoms with Gasteiger partial charge in [-0.2, -0.15) is 0 Å². The van der Waals surface area contributed by atoms with E-state index in [1.165, 1.54) is 0 Å². The summed E-state index contributed by atoms with van der Waals surface area (Å²) in [6.45, 7) is 12.4. The molecule has 0 atom stereocenters. The maximum Gasteiger partial charge on any atom is 0.410 e. The number of nitrogens with zero attached hydrogens (tertiary/aromatic N) is 1. The first-order valence-electron chi connectivity index (χ1n) is 11.9. The molecule has 1 aromatic carbocycles. The van der Waals surface area contributed by atoms with Crippen molar-refractivity contribution >= 4 is 12.1 Å². The lowest BCUT2D eigenvalue weighted by Crippen LogP contribution is -2.41. The molecule has 1 saturated heterocycles. The van der Waals surface area contributed by atoms with E-state index in [4.69, 9.17) is 9.47 Å². The van der Waals surface area contributed by atoms with Crippen molar-refractivity contribution in [3.63, 3.8) is 0 Å². The van der Waals surface area contributed by atoms with Crippen molar-refractivity contribution in [2.24, 2.45) is 5.92 Å². The first-order valence-corrected chi connectivity index (χ1v) is 11.9. The van der Waals surface area contributed by atoms with Crippen LogP contribution in [0.15, 0.2) is 12.1 Å². The summed E-state index contributed by atoms with van der Waals surface area (Å²) in [6, 6.07) is 3.27. The van der Waals surface area contributed by atoms with Crippen molar-refractivity contribution in [3.8, 4) is 0 Å². The van der Waals surface area contributed by atoms with Gasteiger partial charge in [0.1, 0.15) is 17.0 Å². The van der Waals surface area contributed by atoms with Gasteiger partial charge in [-0.3, -0.25) is 0 Å². The maximum atomic E-state index is 14.8. The van der Waals surface area contributed by atoms with Crippen molar-refractivity contribution in [3.05, 3.63) is 34.6 Å². The Hall–Kier alpha value is -2.11. The Kier molecular flexibility index (Phi) is 7.21. The fourth-order valence-corrected chi connectivity index (χ4v) is 4.20. The van der Waals surface area contributed by atoms with Crippen LogP contribution in [0.4, 0.5) is 9.18 Å². The predicted octanol–water partition coefficient (Wildman–Crippen LogP) is 6.24. The van der Waals surface area contributed by atoms with E-state index < -0.39 is 23.0 Å². The summed E-state index contributed by atoms with van der Waals surface area (Å²) in [5, 5.41) is 0. The molecule has 2 fully saturated rings. The predicted molar refractivity (Wildman–Crippen MR) is 122 cm³/mol. The molecule has 1 aromatic rings. The molecule has 32 heavy (non-hydrogen) atoms. The van der Waals surface area contributed by atoms with Gasteiger partial charge in [0.25, 0.3) is 0 Å². The largest absolute Gasteiger partial charge is 0.456 e. The van der Waals surface area contributed by atoms with Gasteiger partial charge in [0.15, 0.2) is 0 Å². The van der Waals surface area contributed by atoms with E-state index in [1.54, 1.807) is 37.8 Å². The first-order chi connectivity index (χ1) is 14.8. The normalized spacial score (nSPS) is 17.9. The van der Waals surface area contributed by atoms with Gasteiger partial charge >= 0.3 is 12.1 Å². The molecule has 0 bridgehead atoms. The number of esters is 1. The zero-order valence-electron chi connectivity index (χ0n) is 20.4. The van der Waals surface area contributed by atoms with E-state index in [0.29, 0.717) is 24.9 Å². The number of ether oxygens (including phenoxy) is 2. The van der Waals surface area contributed by atoms with Crippen molar-refractivity contribution in [2.75, 3.05) is 13.1 Å². The average molecular weight is 448 g/mol. The van der Waals surface area contributed by atoms with E-state index in [1.807, 2.05) is 20.8 Å². The van der Waals surface area contributed by atoms with Crippen molar-refractivity contribution in [2.45, 2.75) is 97.2 Å². The number of amides is 1. The van der Waals surface area contributed by atoms with E-state index in [-0.39, 0.29) is 11.7 Å². The molecule has 0 radical (unpaired) electrons. The number of rotatable bonds is 5. The number of hydrogen-bond acceptors (Lipinski definition) is 4. The molecule has 3 rings (SSSR count). The molecular formula is C26H38FNO4. The van der Waals surface area contributed by atoms with Gasteiger partial charge in [0.05, 0.1) is 5.56 Å². The SMILES string of the molecule is CC(C)(C)OC(=O)c1cc(C2CC2)c(CCC2CCN(C(=O)OC(C)(C)C)CC2)cc1F. The van der Waals surface area contributed by atoms with Gasteiger partial charge in [0, 0.05) is 13.1 Å². The Bertz CT molecular complexity index is 841. The molecule has 0 aromatic heterocycles. The second kappa shape index (κ2) is 9.40. The van der Waals surface area contributed by atoms with Gasteiger partial charge in [-0.15, -0.1) is 0 Å². The van der Waals surface area contributed by atoms with Crippen LogP contribution in [0, 0.1) is 11.7 Å². The van der Waals surface area contributed by atoms with Crippen LogP contribution in [0.5, 0.6) is 0 Å². The van der Waals surface area contributed by atoms with E-state index in [2.05, 4.69) is 0 Å². The summed E-state index contributed by atoms with van der Waals surface area (Å²) in [4.78, 5) is 26.5. The number of aryl methyl sites for hydroxylation is 1. The summed E-state index contributed by atoms with van der Waals surface area (Å²) < 4.78 is 25.7. The highest BCUT2D eigenvalue weighted by Crippen LogP contribution is 2.43. The summed E-state index contributed by atoms with van der Waals surface area (Å²) in [5.74, 6) is -0.188. The third-order valence-electron chi connectivity index (χ3n) is 5.95. The molecule has 6 heteroatoms. The minimum Gasteiger partial charge on any atom is -0.456 e. The zero-order chi connectivity index (χ0) is 23.7. The molecular weight excluding hydrogens is 409 g/mol. The van der Waals surface area contributed by atoms with Crippen LogP contribution < -0.4 is 0 Å². The standard InChI is InChI=1S/C26H38FNO4/c1-25(2,3)31-23(29)21-16-20(18-9-10-18)19(15-22(21)27)8-7-17-11-13-28(14-12-17)24(30)32-26(4,5)6/h15-18H,7-14H2,1-6H3. The molecule has 1 amide bonds. The van der Waals surface area contributed by atoms with Gasteiger partial charge in [0.2, 0.25) is 0 Å². The van der Waals surface area contributed by atoms with Crippen LogP contribution >= 0.6 is 0 Å². The Morgan fingerprint density at radius 2 is 1.56 bits per heavy atom. The van der Waals surface area contributed by atoms with Crippen LogP contribution in [0.3, 0.4) is 0 Å². The zero-order valence-corrected chi connectivity index (χ0v) is 20.4. The smallest absolute Gasteiger partial charge is 0.410 e. The minimum atomic E-state index is -0.657. The van der Waals surface area contributed by atoms with E-state index in [9.17, 15) is 14.0 Å². The van der Waals surface area contributed by atoms with Crippen LogP contribution in [-0.4, -0.2) is 41.3 Å². The highest BCUT2D eigenvalue weighted by Gasteiger charge is 2.31. The summed E-state index contributed by atoms with van der Waals surface area (Å²) in [7, 11) is 0. The number of carbonyl (C=O) groups excluding carboxylic acids is 2. The number of likely N-dealkylation sites (tertiary alicyclic amines) is 1. The maximum absolute atomic E-state index is 14.8. The molecule has 1 heterocycles. The van der Waals surface area contributed by atoms with Crippen molar-refractivity contribution in [1.29, 1.82) is 0 Å². The molecule has 5 nitrogen and oxygen atoms in total. The van der Waals surface area contributed by atoms with Gasteiger partial charge < -0.3 is 14.4 Å². The number of halogens is 1. The fraction of sp³-hybridized carbons (Fsp3) is 0.692. The van der Waals surface area contributed by atoms with Gasteiger partial charge in [-0.05, 0) is 115 Å². The summed E-state index contributed by atoms with van der Waals surface area (Å²) in [6.07, 6.45) is 5.52. The van der Waals surface area contributed by atoms with Crippen LogP contribution in [-0.2, 0) is 15.9 Å². The third kappa shape index (κ3) is 6.94. The highest BCUT2D eigenvalue weighted by molar-refractivity contribution is 5.90. The van der Waals surface area contributed by atoms with Gasteiger partial charge in [-0.1, -0.05) is 0 Å². The Morgan fingerprint density at radius 3 is 2.09 bits per heavy atom. The minimum absolute atomic E-state index is 0.0382. The summed E-state index contributed by atoms with van der Waals surface area (Å²) in [5.41, 5.74) is 1.00. The van der Waals surface area contributed by atoms with E-state index >= 15 is 0 Å². The van der Waals surface area contributed by atoms with Crippen molar-refractivity contribution < 1.29 is 23.5 Å². The Labute approximate surface area is 191 Å². The molecule has 1 saturated carbocycles. The Morgan fingerprint density at radius 1 is 0.969 bits per heavy atom. The summed E-state index contributed by atoms with van der Waals surface area (Å²) >= 11 is 0. The number of carbonyl (C=O) groups is 2. The van der Waals surface area contributed by atoms with Gasteiger partial charge in [-0.25, -0.2) is 14.0 Å². The topological polar surface area (TPSA) is 55.8 Å². The molecule has 0 unspecified atom stereocenters. The molecule has 2 aliphatic rings. The second-order valence-corrected chi connectivity index (χ2v) is 11.3.